The van der Waals surface area contributed by atoms with Crippen LogP contribution in [-0.2, 0) is 26.5 Å². The maximum absolute atomic E-state index is 11.1. The minimum absolute atomic E-state index is 0. The van der Waals surface area contributed by atoms with Crippen LogP contribution in [0.4, 0.5) is 0 Å². The second-order valence-electron chi connectivity index (χ2n) is 14.7. The third-order valence-electron chi connectivity index (χ3n) is 10.2. The van der Waals surface area contributed by atoms with E-state index in [9.17, 15) is 5.11 Å². The van der Waals surface area contributed by atoms with Gasteiger partial charge in [-0.05, 0) is 81.8 Å². The summed E-state index contributed by atoms with van der Waals surface area (Å²) in [5, 5.41) is 13.5. The molecule has 55 heavy (non-hydrogen) atoms. The number of pyridine rings is 2. The molecule has 9 aromatic rings. The van der Waals surface area contributed by atoms with Gasteiger partial charge in [-0.15, -0.1) is 24.3 Å². The van der Waals surface area contributed by atoms with Crippen LogP contribution < -0.4 is 0 Å². The third kappa shape index (κ3) is 6.68. The molecule has 0 aliphatic carbocycles. The first-order valence-corrected chi connectivity index (χ1v) is 18.3. The number of rotatable bonds is 6. The van der Waals surface area contributed by atoms with E-state index in [1.165, 1.54) is 16.3 Å². The molecule has 0 aliphatic rings. The van der Waals surface area contributed by atoms with Gasteiger partial charge in [0.2, 0.25) is 0 Å². The number of hydrogen-bond donors (Lipinski definition) is 1. The van der Waals surface area contributed by atoms with Crippen molar-refractivity contribution in [2.45, 2.75) is 26.2 Å². The molecule has 270 valence electrons. The Kier molecular flexibility index (Phi) is 9.55. The Morgan fingerprint density at radius 1 is 0.545 bits per heavy atom. The van der Waals surface area contributed by atoms with E-state index in [0.29, 0.717) is 11.3 Å². The van der Waals surface area contributed by atoms with E-state index in [0.717, 1.165) is 61.5 Å². The Morgan fingerprint density at radius 3 is 1.95 bits per heavy atom. The van der Waals surface area contributed by atoms with Crippen LogP contribution in [0.2, 0.25) is 0 Å². The van der Waals surface area contributed by atoms with Crippen molar-refractivity contribution in [3.63, 3.8) is 0 Å². The van der Waals surface area contributed by atoms with Gasteiger partial charge in [0.25, 0.3) is 0 Å². The van der Waals surface area contributed by atoms with Gasteiger partial charge in [-0.2, -0.15) is 0 Å². The first-order chi connectivity index (χ1) is 26.3. The van der Waals surface area contributed by atoms with Gasteiger partial charge in [-0.3, -0.25) is 9.97 Å². The van der Waals surface area contributed by atoms with E-state index in [1.807, 2.05) is 42.6 Å². The summed E-state index contributed by atoms with van der Waals surface area (Å²) in [6.45, 7) is 6.63. The topological polar surface area (TPSA) is 50.9 Å². The van der Waals surface area contributed by atoms with E-state index < -0.39 is 0 Å². The Balaban J connectivity index is 0.00000427. The summed E-state index contributed by atoms with van der Waals surface area (Å²) < 4.78 is 2.35. The van der Waals surface area contributed by atoms with Crippen molar-refractivity contribution >= 4 is 21.8 Å². The summed E-state index contributed by atoms with van der Waals surface area (Å²) in [5.41, 5.74) is 13.7. The third-order valence-corrected chi connectivity index (χ3v) is 10.2. The molecular formula is C50H38N3OPt-. The number of para-hydroxylation sites is 3. The molecule has 0 radical (unpaired) electrons. The van der Waals surface area contributed by atoms with Gasteiger partial charge < -0.3 is 9.67 Å². The molecule has 6 aromatic carbocycles. The fourth-order valence-corrected chi connectivity index (χ4v) is 7.53. The quantitative estimate of drug-likeness (QED) is 0.169. The number of phenolic OH excluding ortho intramolecular Hbond substituents is 1. The standard InChI is InChI=1S/C50H38N3O.Pt/c1-50(2,3)36-27-28-51-43(32-36)33-15-13-16-34(29-33)44-30-35(31-45(52-44)41-21-10-12-26-48(41)54)38-19-7-8-20-39(38)40-23-14-25-47-49(40)42-22-9-11-24-46(42)53(47)37-17-5-4-6-18-37;/h4-28,30-32,54H,1-3H3;/q-1;. The Morgan fingerprint density at radius 2 is 1.16 bits per heavy atom. The molecule has 0 aliphatic heterocycles. The minimum Gasteiger partial charge on any atom is -0.507 e. The number of phenols is 1. The van der Waals surface area contributed by atoms with Gasteiger partial charge >= 0.3 is 0 Å². The number of aromatic nitrogens is 3. The molecule has 5 heteroatoms. The SMILES string of the molecule is CC(C)(C)c1ccnc(-c2[c-]c(-c3cc(-c4ccccc4-c4cccc5c4c4ccccc4n5-c4ccccc4)cc(-c4ccccc4O)n3)ccc2)c1.[Pt]. The molecule has 3 aromatic heterocycles. The van der Waals surface area contributed by atoms with Gasteiger partial charge in [0.15, 0.2) is 0 Å². The first-order valence-electron chi connectivity index (χ1n) is 18.3. The predicted octanol–water partition coefficient (Wildman–Crippen LogP) is 12.7. The summed E-state index contributed by atoms with van der Waals surface area (Å²) in [6.07, 6.45) is 1.88. The molecular weight excluding hydrogens is 854 g/mol. The molecule has 0 saturated heterocycles. The number of hydrogen-bond acceptors (Lipinski definition) is 3. The van der Waals surface area contributed by atoms with Crippen LogP contribution >= 0.6 is 0 Å². The smallest absolute Gasteiger partial charge is 0.124 e. The second-order valence-corrected chi connectivity index (χ2v) is 14.7. The molecule has 4 nitrogen and oxygen atoms in total. The van der Waals surface area contributed by atoms with Crippen LogP contribution in [-0.4, -0.2) is 19.6 Å². The number of aromatic hydroxyl groups is 1. The van der Waals surface area contributed by atoms with Crippen molar-refractivity contribution < 1.29 is 26.2 Å². The van der Waals surface area contributed by atoms with Crippen molar-refractivity contribution in [3.05, 3.63) is 182 Å². The molecule has 0 atom stereocenters. The van der Waals surface area contributed by atoms with Crippen LogP contribution in [0.1, 0.15) is 26.3 Å². The predicted molar refractivity (Wildman–Crippen MR) is 223 cm³/mol. The number of nitrogens with zero attached hydrogens (tertiary/aromatic N) is 3. The van der Waals surface area contributed by atoms with Crippen molar-refractivity contribution in [1.29, 1.82) is 0 Å². The zero-order valence-electron chi connectivity index (χ0n) is 30.8. The molecule has 0 bridgehead atoms. The maximum Gasteiger partial charge on any atom is 0.124 e. The normalized spacial score (nSPS) is 11.5. The largest absolute Gasteiger partial charge is 0.507 e. The summed E-state index contributed by atoms with van der Waals surface area (Å²) in [7, 11) is 0. The Labute approximate surface area is 336 Å². The molecule has 0 unspecified atom stereocenters. The monoisotopic (exact) mass is 891 g/mol. The van der Waals surface area contributed by atoms with Crippen LogP contribution in [0.25, 0.3) is 83.5 Å². The van der Waals surface area contributed by atoms with E-state index in [1.54, 1.807) is 6.07 Å². The van der Waals surface area contributed by atoms with Gasteiger partial charge in [-0.1, -0.05) is 129 Å². The average Bonchev–Trinajstić information content (AvgIpc) is 3.56. The zero-order valence-corrected chi connectivity index (χ0v) is 33.0. The molecule has 0 saturated carbocycles. The van der Waals surface area contributed by atoms with E-state index in [2.05, 4.69) is 153 Å². The maximum atomic E-state index is 11.1. The fourth-order valence-electron chi connectivity index (χ4n) is 7.53. The van der Waals surface area contributed by atoms with Crippen LogP contribution in [0.15, 0.2) is 170 Å². The van der Waals surface area contributed by atoms with E-state index in [-0.39, 0.29) is 32.2 Å². The van der Waals surface area contributed by atoms with Crippen LogP contribution in [0.3, 0.4) is 0 Å². The van der Waals surface area contributed by atoms with Crippen molar-refractivity contribution in [3.8, 4) is 67.5 Å². The number of fused-ring (bicyclic) bond motifs is 3. The van der Waals surface area contributed by atoms with Crippen LogP contribution in [0.5, 0.6) is 5.75 Å². The van der Waals surface area contributed by atoms with Gasteiger partial charge in [0.05, 0.1) is 16.7 Å². The van der Waals surface area contributed by atoms with E-state index in [4.69, 9.17) is 9.97 Å². The molecule has 1 N–H and O–H groups in total. The summed E-state index contributed by atoms with van der Waals surface area (Å²) in [6, 6.07) is 60.0. The van der Waals surface area contributed by atoms with Gasteiger partial charge in [-0.25, -0.2) is 0 Å². The summed E-state index contributed by atoms with van der Waals surface area (Å²) >= 11 is 0. The zero-order chi connectivity index (χ0) is 36.8. The van der Waals surface area contributed by atoms with E-state index >= 15 is 0 Å². The van der Waals surface area contributed by atoms with Crippen molar-refractivity contribution in [2.75, 3.05) is 0 Å². The van der Waals surface area contributed by atoms with Crippen LogP contribution in [0, 0.1) is 6.07 Å². The van der Waals surface area contributed by atoms with Gasteiger partial charge in [0.1, 0.15) is 5.75 Å². The second kappa shape index (κ2) is 14.6. The summed E-state index contributed by atoms with van der Waals surface area (Å²) in [5.74, 6) is 0.181. The molecule has 9 rings (SSSR count). The van der Waals surface area contributed by atoms with Crippen molar-refractivity contribution in [1.82, 2.24) is 14.5 Å². The molecule has 0 amide bonds. The van der Waals surface area contributed by atoms with Gasteiger partial charge in [0, 0.05) is 60.7 Å². The van der Waals surface area contributed by atoms with Crippen molar-refractivity contribution in [2.24, 2.45) is 0 Å². The Bertz CT molecular complexity index is 2830. The average molecular weight is 892 g/mol. The molecule has 3 heterocycles. The molecule has 0 spiro atoms. The summed E-state index contributed by atoms with van der Waals surface area (Å²) in [4.78, 5) is 9.89. The molecule has 0 fully saturated rings. The minimum atomic E-state index is -0.00799. The number of benzene rings is 6. The first kappa shape index (κ1) is 35.9. The fraction of sp³-hybridized carbons (Fsp3) is 0.0800. The Hall–Kier alpha value is -6.09.